The van der Waals surface area contributed by atoms with Gasteiger partial charge in [0.1, 0.15) is 11.7 Å². The van der Waals surface area contributed by atoms with Crippen LogP contribution < -0.4 is 14.7 Å². The monoisotopic (exact) mass is 524 g/mol. The summed E-state index contributed by atoms with van der Waals surface area (Å²) in [5.74, 6) is -1.68. The Morgan fingerprint density at radius 3 is 2.03 bits per heavy atom. The Bertz CT molecular complexity index is 1490. The lowest BCUT2D eigenvalue weighted by Gasteiger charge is -2.28. The lowest BCUT2D eigenvalue weighted by atomic mass is 9.90. The first kappa shape index (κ1) is 23.9. The molecule has 2 saturated heterocycles. The number of anilines is 2. The first-order valence-corrected chi connectivity index (χ1v) is 12.4. The lowest BCUT2D eigenvalue weighted by molar-refractivity contribution is -0.126. The van der Waals surface area contributed by atoms with Gasteiger partial charge in [0, 0.05) is 5.02 Å². The molecule has 0 aromatic heterocycles. The Morgan fingerprint density at radius 2 is 1.37 bits per heavy atom. The van der Waals surface area contributed by atoms with Gasteiger partial charge in [-0.1, -0.05) is 60.1 Å². The molecule has 0 saturated carbocycles. The molecule has 7 nitrogen and oxygen atoms in total. The molecule has 0 unspecified atom stereocenters. The minimum absolute atomic E-state index is 0.356. The average molecular weight is 525 g/mol. The van der Waals surface area contributed by atoms with E-state index in [0.29, 0.717) is 27.7 Å². The van der Waals surface area contributed by atoms with Gasteiger partial charge in [0.05, 0.1) is 23.0 Å². The molecule has 2 aliphatic rings. The Hall–Kier alpha value is -4.46. The number of hydrogen-bond acceptors (Lipinski definition) is 6. The Kier molecular flexibility index (Phi) is 6.15. The zero-order valence-electron chi connectivity index (χ0n) is 19.9. The van der Waals surface area contributed by atoms with Gasteiger partial charge < -0.3 is 4.74 Å². The van der Waals surface area contributed by atoms with Gasteiger partial charge in [-0.25, -0.2) is 14.8 Å². The first-order chi connectivity index (χ1) is 18.5. The first-order valence-electron chi connectivity index (χ1n) is 12.0. The van der Waals surface area contributed by atoms with Gasteiger partial charge in [-0.3, -0.25) is 14.4 Å². The van der Waals surface area contributed by atoms with Crippen molar-refractivity contribution in [2.75, 3.05) is 9.96 Å². The molecule has 0 bridgehead atoms. The summed E-state index contributed by atoms with van der Waals surface area (Å²) in [7, 11) is 0. The minimum atomic E-state index is -0.987. The lowest BCUT2D eigenvalue weighted by Crippen LogP contribution is -2.37. The van der Waals surface area contributed by atoms with Crippen LogP contribution in [0.2, 0.25) is 5.02 Å². The van der Waals surface area contributed by atoms with Gasteiger partial charge in [-0.15, -0.1) is 0 Å². The van der Waals surface area contributed by atoms with Gasteiger partial charge in [-0.2, -0.15) is 0 Å². The van der Waals surface area contributed by atoms with Crippen molar-refractivity contribution in [3.63, 3.8) is 0 Å². The zero-order chi connectivity index (χ0) is 26.2. The third kappa shape index (κ3) is 4.22. The van der Waals surface area contributed by atoms with Crippen molar-refractivity contribution in [1.82, 2.24) is 0 Å². The van der Waals surface area contributed by atoms with E-state index in [1.165, 1.54) is 0 Å². The number of carbonyl (C=O) groups excluding carboxylic acids is 3. The highest BCUT2D eigenvalue weighted by Gasteiger charge is 2.60. The van der Waals surface area contributed by atoms with Crippen LogP contribution in [0, 0.1) is 5.92 Å². The number of para-hydroxylation sites is 1. The number of nitrogens with zero attached hydrogens (tertiary/aromatic N) is 2. The fourth-order valence-corrected chi connectivity index (χ4v) is 5.00. The van der Waals surface area contributed by atoms with Crippen LogP contribution >= 0.6 is 11.6 Å². The maximum atomic E-state index is 13.7. The second kappa shape index (κ2) is 9.78. The van der Waals surface area contributed by atoms with Gasteiger partial charge in [0.25, 0.3) is 5.91 Å². The van der Waals surface area contributed by atoms with Gasteiger partial charge in [0.2, 0.25) is 5.91 Å². The van der Waals surface area contributed by atoms with Crippen LogP contribution in [0.1, 0.15) is 22.0 Å². The number of rotatable bonds is 5. The second-order valence-electron chi connectivity index (χ2n) is 8.97. The Balaban J connectivity index is 1.32. The van der Waals surface area contributed by atoms with E-state index in [1.54, 1.807) is 77.9 Å². The van der Waals surface area contributed by atoms with Gasteiger partial charge >= 0.3 is 5.97 Å². The number of benzene rings is 4. The van der Waals surface area contributed by atoms with Crippen molar-refractivity contribution in [1.29, 1.82) is 0 Å². The van der Waals surface area contributed by atoms with Gasteiger partial charge in [0.15, 0.2) is 6.10 Å². The molecule has 0 aliphatic carbocycles. The average Bonchev–Trinajstić information content (AvgIpc) is 3.46. The van der Waals surface area contributed by atoms with E-state index in [0.717, 1.165) is 10.5 Å². The van der Waals surface area contributed by atoms with E-state index >= 15 is 0 Å². The Morgan fingerprint density at radius 1 is 0.737 bits per heavy atom. The molecule has 0 spiro atoms. The maximum absolute atomic E-state index is 13.7. The molecule has 188 valence electrons. The van der Waals surface area contributed by atoms with E-state index in [9.17, 15) is 14.4 Å². The number of esters is 1. The summed E-state index contributed by atoms with van der Waals surface area (Å²) >= 11 is 6.01. The van der Waals surface area contributed by atoms with Crippen molar-refractivity contribution < 1.29 is 24.0 Å². The highest BCUT2D eigenvalue weighted by Crippen LogP contribution is 2.47. The molecule has 0 radical (unpaired) electrons. The third-order valence-electron chi connectivity index (χ3n) is 6.65. The molecular formula is C30H21ClN2O5. The Labute approximate surface area is 223 Å². The number of fused-ring (bicyclic) bond motifs is 1. The largest absolute Gasteiger partial charge is 0.423 e. The summed E-state index contributed by atoms with van der Waals surface area (Å²) in [6, 6.07) is 30.9. The molecule has 4 aromatic rings. The van der Waals surface area contributed by atoms with Crippen molar-refractivity contribution in [2.24, 2.45) is 5.92 Å². The van der Waals surface area contributed by atoms with Crippen LogP contribution in [0.5, 0.6) is 5.75 Å². The van der Waals surface area contributed by atoms with Crippen LogP contribution in [0.25, 0.3) is 0 Å². The van der Waals surface area contributed by atoms with E-state index in [2.05, 4.69) is 0 Å². The molecule has 6 rings (SSSR count). The molecule has 2 aliphatic heterocycles. The second-order valence-corrected chi connectivity index (χ2v) is 9.41. The zero-order valence-corrected chi connectivity index (χ0v) is 20.7. The predicted molar refractivity (Wildman–Crippen MR) is 142 cm³/mol. The number of carbonyl (C=O) groups is 3. The SMILES string of the molecule is O=C(Oc1ccc([C@@H]2[C@@H]3C(=O)N(c4ccc(Cl)cc4)C(=O)[C@@H]3ON2c2ccccc2)cc1)c1ccccc1. The number of ether oxygens (including phenoxy) is 1. The predicted octanol–water partition coefficient (Wildman–Crippen LogP) is 5.61. The van der Waals surface area contributed by atoms with E-state index in [-0.39, 0.29) is 5.91 Å². The molecule has 8 heteroatoms. The van der Waals surface area contributed by atoms with Crippen LogP contribution in [0.15, 0.2) is 109 Å². The molecule has 2 amide bonds. The molecule has 4 aromatic carbocycles. The van der Waals surface area contributed by atoms with Crippen molar-refractivity contribution in [3.8, 4) is 5.75 Å². The summed E-state index contributed by atoms with van der Waals surface area (Å²) in [4.78, 5) is 46.9. The summed E-state index contributed by atoms with van der Waals surface area (Å²) in [6.07, 6.45) is -0.987. The van der Waals surface area contributed by atoms with E-state index < -0.39 is 29.9 Å². The van der Waals surface area contributed by atoms with E-state index in [4.69, 9.17) is 21.2 Å². The van der Waals surface area contributed by atoms with Crippen molar-refractivity contribution >= 4 is 40.8 Å². The van der Waals surface area contributed by atoms with Crippen LogP contribution in [-0.4, -0.2) is 23.9 Å². The van der Waals surface area contributed by atoms with Gasteiger partial charge in [-0.05, 0) is 66.2 Å². The summed E-state index contributed by atoms with van der Waals surface area (Å²) < 4.78 is 5.52. The van der Waals surface area contributed by atoms with Crippen LogP contribution in [-0.2, 0) is 14.4 Å². The molecule has 0 N–H and O–H groups in total. The van der Waals surface area contributed by atoms with E-state index in [1.807, 2.05) is 36.4 Å². The number of imide groups is 1. The maximum Gasteiger partial charge on any atom is 0.343 e. The molecule has 2 heterocycles. The summed E-state index contributed by atoms with van der Waals surface area (Å²) in [5, 5.41) is 2.13. The number of hydrogen-bond donors (Lipinski definition) is 0. The van der Waals surface area contributed by atoms with Crippen molar-refractivity contribution in [3.05, 3.63) is 125 Å². The highest BCUT2D eigenvalue weighted by atomic mass is 35.5. The number of hydroxylamine groups is 1. The standard InChI is InChI=1S/C30H21ClN2O5/c31-21-13-15-22(16-14-21)32-28(34)25-26(33(38-27(25)29(32)35)23-9-5-2-6-10-23)19-11-17-24(18-12-19)37-30(36)20-7-3-1-4-8-20/h1-18,25-27H/t25-,26+,27+/m0/s1. The quantitative estimate of drug-likeness (QED) is 0.192. The summed E-state index contributed by atoms with van der Waals surface area (Å²) in [5.41, 5.74) is 2.33. The van der Waals surface area contributed by atoms with Crippen LogP contribution in [0.3, 0.4) is 0 Å². The van der Waals surface area contributed by atoms with Crippen molar-refractivity contribution in [2.45, 2.75) is 12.1 Å². The molecule has 3 atom stereocenters. The molecule has 2 fully saturated rings. The molecular weight excluding hydrogens is 504 g/mol. The fraction of sp³-hybridized carbons (Fsp3) is 0.100. The smallest absolute Gasteiger partial charge is 0.343 e. The highest BCUT2D eigenvalue weighted by molar-refractivity contribution is 6.31. The minimum Gasteiger partial charge on any atom is -0.423 e. The third-order valence-corrected chi connectivity index (χ3v) is 6.90. The topological polar surface area (TPSA) is 76.2 Å². The fourth-order valence-electron chi connectivity index (χ4n) is 4.87. The normalized spacial score (nSPS) is 20.5. The summed E-state index contributed by atoms with van der Waals surface area (Å²) in [6.45, 7) is 0. The molecule has 38 heavy (non-hydrogen) atoms. The number of amides is 2. The van der Waals surface area contributed by atoms with Crippen LogP contribution in [0.4, 0.5) is 11.4 Å². The number of halogens is 1.